The number of nitrogens with zero attached hydrogens (tertiary/aromatic N) is 4. The molecule has 1 saturated carbocycles. The summed E-state index contributed by atoms with van der Waals surface area (Å²) >= 11 is 0. The molecular weight excluding hydrogens is 361 g/mol. The Balaban J connectivity index is 1.96. The van der Waals surface area contributed by atoms with E-state index in [-0.39, 0.29) is 6.42 Å². The van der Waals surface area contributed by atoms with E-state index in [1.807, 2.05) is 0 Å². The van der Waals surface area contributed by atoms with Crippen LogP contribution >= 0.6 is 7.60 Å². The van der Waals surface area contributed by atoms with Gasteiger partial charge < -0.3 is 24.9 Å². The Bertz CT molecular complexity index is 797. The first kappa shape index (κ1) is 19.2. The first-order chi connectivity index (χ1) is 12.4. The predicted molar refractivity (Wildman–Crippen MR) is 94.5 cm³/mol. The van der Waals surface area contributed by atoms with Crippen molar-refractivity contribution in [2.75, 3.05) is 18.3 Å². The number of rotatable bonds is 8. The molecule has 11 heteroatoms. The smallest absolute Gasteiger partial charge is 0.351 e. The minimum Gasteiger partial charge on any atom is -0.391 e. The average molecular weight is 385 g/mol. The van der Waals surface area contributed by atoms with Gasteiger partial charge in [0.15, 0.2) is 29.1 Å². The lowest BCUT2D eigenvalue weighted by atomic mass is 10.1. The van der Waals surface area contributed by atoms with E-state index in [1.165, 1.54) is 30.1 Å². The summed E-state index contributed by atoms with van der Waals surface area (Å²) in [5, 5.41) is 13.3. The first-order valence-corrected chi connectivity index (χ1v) is 10.4. The number of imidazole rings is 1. The lowest BCUT2D eigenvalue weighted by Crippen LogP contribution is -2.40. The summed E-state index contributed by atoms with van der Waals surface area (Å²) in [6.07, 6.45) is 6.83. The van der Waals surface area contributed by atoms with Crippen LogP contribution in [0.1, 0.15) is 39.0 Å². The first-order valence-electron chi connectivity index (χ1n) is 8.63. The third kappa shape index (κ3) is 3.89. The number of fused-ring (bicyclic) bond motifs is 1. The van der Waals surface area contributed by atoms with Gasteiger partial charge in [-0.1, -0.05) is 19.8 Å². The van der Waals surface area contributed by atoms with E-state index in [9.17, 15) is 9.67 Å². The van der Waals surface area contributed by atoms with Gasteiger partial charge in [-0.15, -0.1) is 0 Å². The highest BCUT2D eigenvalue weighted by atomic mass is 31.2. The molecule has 0 aromatic carbocycles. The van der Waals surface area contributed by atoms with Crippen LogP contribution in [0.3, 0.4) is 0 Å². The van der Waals surface area contributed by atoms with Gasteiger partial charge >= 0.3 is 7.60 Å². The van der Waals surface area contributed by atoms with Crippen LogP contribution in [0.25, 0.3) is 11.2 Å². The highest BCUT2D eigenvalue weighted by Gasteiger charge is 2.35. The number of aliphatic hydroxyl groups excluding tert-OH is 1. The zero-order valence-corrected chi connectivity index (χ0v) is 15.5. The topological polar surface area (TPSA) is 143 Å². The van der Waals surface area contributed by atoms with E-state index >= 15 is 0 Å². The SMILES string of the molecule is CCC(CO)(OCP(=O)(O)O)n1cnc2c(NC3CCCC3)ncnc21. The van der Waals surface area contributed by atoms with Gasteiger partial charge in [-0.25, -0.2) is 15.0 Å². The Morgan fingerprint density at radius 2 is 2.08 bits per heavy atom. The van der Waals surface area contributed by atoms with Crippen molar-refractivity contribution < 1.29 is 24.2 Å². The Morgan fingerprint density at radius 1 is 1.35 bits per heavy atom. The number of hydrogen-bond donors (Lipinski definition) is 4. The second-order valence-corrected chi connectivity index (χ2v) is 8.12. The molecule has 2 aromatic heterocycles. The van der Waals surface area contributed by atoms with E-state index in [0.29, 0.717) is 23.0 Å². The van der Waals surface area contributed by atoms with Crippen molar-refractivity contribution in [2.24, 2.45) is 0 Å². The number of aliphatic hydroxyl groups is 1. The molecule has 0 spiro atoms. The summed E-state index contributed by atoms with van der Waals surface area (Å²) in [6.45, 7) is 1.27. The fourth-order valence-electron chi connectivity index (χ4n) is 3.28. The molecule has 1 unspecified atom stereocenters. The molecule has 0 radical (unpaired) electrons. The maximum atomic E-state index is 11.2. The minimum absolute atomic E-state index is 0.268. The summed E-state index contributed by atoms with van der Waals surface area (Å²) in [5.74, 6) is 0.610. The van der Waals surface area contributed by atoms with Crippen molar-refractivity contribution in [1.29, 1.82) is 0 Å². The number of hydrogen-bond acceptors (Lipinski definition) is 7. The van der Waals surface area contributed by atoms with E-state index in [2.05, 4.69) is 20.3 Å². The highest BCUT2D eigenvalue weighted by Crippen LogP contribution is 2.38. The maximum absolute atomic E-state index is 11.2. The van der Waals surface area contributed by atoms with Gasteiger partial charge in [-0.05, 0) is 19.3 Å². The molecule has 26 heavy (non-hydrogen) atoms. The van der Waals surface area contributed by atoms with Crippen LogP contribution in [-0.4, -0.2) is 53.4 Å². The zero-order chi connectivity index (χ0) is 18.8. The van der Waals surface area contributed by atoms with Crippen LogP contribution < -0.4 is 5.32 Å². The van der Waals surface area contributed by atoms with Crippen molar-refractivity contribution in [1.82, 2.24) is 19.5 Å². The minimum atomic E-state index is -4.39. The molecule has 1 aliphatic carbocycles. The standard InChI is InChI=1S/C15H24N5O5P/c1-2-15(7-21,25-10-26(22,23)24)20-9-18-12-13(16-8-17-14(12)20)19-11-5-3-4-6-11/h8-9,11,21H,2-7,10H2,1H3,(H,16,17,19)(H2,22,23,24). The Labute approximate surface area is 150 Å². The summed E-state index contributed by atoms with van der Waals surface area (Å²) < 4.78 is 18.2. The van der Waals surface area contributed by atoms with Gasteiger partial charge in [0, 0.05) is 6.04 Å². The van der Waals surface area contributed by atoms with Crippen LogP contribution in [0.5, 0.6) is 0 Å². The summed E-state index contributed by atoms with van der Waals surface area (Å²) in [5.41, 5.74) is -0.401. The predicted octanol–water partition coefficient (Wildman–Crippen LogP) is 1.39. The second-order valence-electron chi connectivity index (χ2n) is 6.53. The number of anilines is 1. The average Bonchev–Trinajstić information content (AvgIpc) is 3.26. The van der Waals surface area contributed by atoms with E-state index in [4.69, 9.17) is 14.5 Å². The van der Waals surface area contributed by atoms with Gasteiger partial charge in [0.2, 0.25) is 0 Å². The summed E-state index contributed by atoms with van der Waals surface area (Å²) in [4.78, 5) is 31.1. The molecule has 0 amide bonds. The Morgan fingerprint density at radius 3 is 2.69 bits per heavy atom. The van der Waals surface area contributed by atoms with Gasteiger partial charge in [0.1, 0.15) is 6.33 Å². The van der Waals surface area contributed by atoms with Gasteiger partial charge in [0.25, 0.3) is 0 Å². The Kier molecular flexibility index (Phi) is 5.59. The van der Waals surface area contributed by atoms with Crippen LogP contribution in [0.15, 0.2) is 12.7 Å². The Hall–Kier alpha value is -1.58. The molecule has 4 N–H and O–H groups in total. The summed E-state index contributed by atoms with van der Waals surface area (Å²) in [7, 11) is -4.39. The van der Waals surface area contributed by atoms with Crippen LogP contribution in [0.4, 0.5) is 5.82 Å². The molecule has 1 aliphatic rings. The second kappa shape index (κ2) is 7.58. The van der Waals surface area contributed by atoms with Crippen molar-refractivity contribution in [3.05, 3.63) is 12.7 Å². The molecule has 1 atom stereocenters. The van der Waals surface area contributed by atoms with E-state index < -0.39 is 26.3 Å². The van der Waals surface area contributed by atoms with Crippen LogP contribution in [0.2, 0.25) is 0 Å². The molecule has 0 saturated heterocycles. The number of aromatic nitrogens is 4. The van der Waals surface area contributed by atoms with Crippen molar-refractivity contribution >= 4 is 24.6 Å². The third-order valence-electron chi connectivity index (χ3n) is 4.77. The zero-order valence-electron chi connectivity index (χ0n) is 14.6. The number of ether oxygens (including phenoxy) is 1. The van der Waals surface area contributed by atoms with Gasteiger partial charge in [-0.3, -0.25) is 9.13 Å². The lowest BCUT2D eigenvalue weighted by Gasteiger charge is -2.32. The maximum Gasteiger partial charge on any atom is 0.351 e. The molecule has 2 heterocycles. The van der Waals surface area contributed by atoms with Gasteiger partial charge in [-0.2, -0.15) is 0 Å². The largest absolute Gasteiger partial charge is 0.391 e. The van der Waals surface area contributed by atoms with Gasteiger partial charge in [0.05, 0.1) is 12.9 Å². The van der Waals surface area contributed by atoms with Crippen molar-refractivity contribution in [2.45, 2.75) is 50.8 Å². The molecular formula is C15H24N5O5P. The normalized spacial score (nSPS) is 18.3. The molecule has 2 aromatic rings. The molecule has 10 nitrogen and oxygen atoms in total. The lowest BCUT2D eigenvalue weighted by molar-refractivity contribution is -0.125. The highest BCUT2D eigenvalue weighted by molar-refractivity contribution is 7.51. The van der Waals surface area contributed by atoms with Crippen molar-refractivity contribution in [3.63, 3.8) is 0 Å². The third-order valence-corrected chi connectivity index (χ3v) is 5.23. The molecule has 0 aliphatic heterocycles. The van der Waals surface area contributed by atoms with Crippen LogP contribution in [0, 0.1) is 0 Å². The quantitative estimate of drug-likeness (QED) is 0.496. The van der Waals surface area contributed by atoms with E-state index in [0.717, 1.165) is 12.8 Å². The number of nitrogens with one attached hydrogen (secondary N) is 1. The van der Waals surface area contributed by atoms with Crippen LogP contribution in [-0.2, 0) is 15.0 Å². The molecule has 0 bridgehead atoms. The molecule has 1 fully saturated rings. The molecule has 3 rings (SSSR count). The van der Waals surface area contributed by atoms with Crippen molar-refractivity contribution in [3.8, 4) is 0 Å². The summed E-state index contributed by atoms with van der Waals surface area (Å²) in [6, 6.07) is 0.345. The van der Waals surface area contributed by atoms with E-state index in [1.54, 1.807) is 6.92 Å². The fraction of sp³-hybridized carbons (Fsp3) is 0.667. The fourth-order valence-corrected chi connectivity index (χ4v) is 3.69. The molecule has 144 valence electrons. The monoisotopic (exact) mass is 385 g/mol.